The molecule has 1 heterocycles. The zero-order valence-corrected chi connectivity index (χ0v) is 24.5. The number of hydrogen-bond acceptors (Lipinski definition) is 12. The van der Waals surface area contributed by atoms with E-state index in [0.717, 1.165) is 18.3 Å². The number of nitrogens with two attached hydrogens (primary N) is 2. The van der Waals surface area contributed by atoms with E-state index in [1.54, 1.807) is 27.8 Å². The molecule has 0 saturated heterocycles. The Labute approximate surface area is 230 Å². The summed E-state index contributed by atoms with van der Waals surface area (Å²) in [4.78, 5) is 19.1. The van der Waals surface area contributed by atoms with Gasteiger partial charge in [0, 0.05) is 26.5 Å². The number of ether oxygens (including phenoxy) is 1. The molecule has 2 aromatic rings. The van der Waals surface area contributed by atoms with Crippen molar-refractivity contribution in [2.24, 2.45) is 5.41 Å². The highest BCUT2D eigenvalue weighted by Crippen LogP contribution is 2.22. The molecule has 0 radical (unpaired) electrons. The molecule has 0 saturated carbocycles. The molecule has 1 aromatic heterocycles. The maximum atomic E-state index is 12.2. The molecule has 0 aliphatic carbocycles. The first-order valence-electron chi connectivity index (χ1n) is 11.7. The second-order valence-electron chi connectivity index (χ2n) is 8.33. The lowest BCUT2D eigenvalue weighted by atomic mass is 9.97. The fourth-order valence-electron chi connectivity index (χ4n) is 2.29. The molecular weight excluding hydrogens is 534 g/mol. The largest absolute Gasteiger partial charge is 0.396 e. The number of carbonyl (C=O) groups is 1. The fraction of sp³-hybridized carbons (Fsp3) is 0.542. The highest BCUT2D eigenvalue weighted by molar-refractivity contribution is 8.13. The van der Waals surface area contributed by atoms with E-state index in [2.05, 4.69) is 20.4 Å². The van der Waals surface area contributed by atoms with Gasteiger partial charge < -0.3 is 36.3 Å². The van der Waals surface area contributed by atoms with Crippen LogP contribution in [0.25, 0.3) is 0 Å². The number of benzene rings is 1. The zero-order valence-electron chi connectivity index (χ0n) is 22.7. The predicted octanol–water partition coefficient (Wildman–Crippen LogP) is 2.53. The van der Waals surface area contributed by atoms with Crippen molar-refractivity contribution in [3.63, 3.8) is 0 Å². The summed E-state index contributed by atoms with van der Waals surface area (Å²) in [5.74, 6) is 1.92. The molecule has 0 amide bonds. The Morgan fingerprint density at radius 2 is 1.89 bits per heavy atom. The van der Waals surface area contributed by atoms with Gasteiger partial charge >= 0.3 is 0 Å². The van der Waals surface area contributed by atoms with Crippen LogP contribution in [0.2, 0.25) is 0 Å². The smallest absolute Gasteiger partial charge is 0.196 e. The van der Waals surface area contributed by atoms with Gasteiger partial charge in [-0.15, -0.1) is 0 Å². The number of carbonyl (C=O) groups excluding carboxylic acids is 1. The van der Waals surface area contributed by atoms with Gasteiger partial charge in [0.25, 0.3) is 0 Å². The number of rotatable bonds is 13. The van der Waals surface area contributed by atoms with E-state index in [4.69, 9.17) is 30.9 Å². The van der Waals surface area contributed by atoms with Crippen LogP contribution >= 0.6 is 20.7 Å². The molecule has 0 aliphatic rings. The van der Waals surface area contributed by atoms with Gasteiger partial charge in [0.15, 0.2) is 16.8 Å². The van der Waals surface area contributed by atoms with Crippen LogP contribution in [-0.2, 0) is 20.6 Å². The lowest BCUT2D eigenvalue weighted by Gasteiger charge is -2.18. The van der Waals surface area contributed by atoms with Crippen LogP contribution in [0.3, 0.4) is 0 Å². The maximum absolute atomic E-state index is 12.2. The maximum Gasteiger partial charge on any atom is 0.196 e. The zero-order chi connectivity index (χ0) is 29.0. The monoisotopic (exact) mass is 576 g/mol. The SMILES string of the molecule is CC(C)(CO)C(=O)SCCO.CNc1nc(C)nc(N)c1N.COC(CF)COPNCc1ccccc1. The third-order valence-electron chi connectivity index (χ3n) is 4.65. The average Bonchev–Trinajstić information content (AvgIpc) is 2.92. The molecule has 2 atom stereocenters. The van der Waals surface area contributed by atoms with Crippen LogP contribution in [0.4, 0.5) is 21.7 Å². The minimum Gasteiger partial charge on any atom is -0.396 e. The van der Waals surface area contributed by atoms with Crippen LogP contribution in [0.5, 0.6) is 0 Å². The first-order chi connectivity index (χ1) is 18.1. The molecule has 0 bridgehead atoms. The first-order valence-corrected chi connectivity index (χ1v) is 13.6. The van der Waals surface area contributed by atoms with Crippen LogP contribution in [-0.4, -0.2) is 77.8 Å². The summed E-state index contributed by atoms with van der Waals surface area (Å²) in [6.45, 7) is 5.50. The number of aromatic nitrogens is 2. The summed E-state index contributed by atoms with van der Waals surface area (Å²) >= 11 is 1.06. The fourth-order valence-corrected chi connectivity index (χ4v) is 3.67. The lowest BCUT2D eigenvalue weighted by Crippen LogP contribution is -2.26. The minimum absolute atomic E-state index is 0.00207. The number of thioether (sulfide) groups is 1. The van der Waals surface area contributed by atoms with Gasteiger partial charge in [0.2, 0.25) is 0 Å². The number of aliphatic hydroxyl groups excluding tert-OH is 2. The standard InChI is InChI=1S/C11H17FNO2P.C7H14O3S.C6H11N5/c1-14-11(7-12)9-15-16-13-8-10-5-3-2-4-6-10;1-7(2,5-9)6(10)11-4-3-8;1-3-10-5(8)4(7)6(9-2)11-3/h2-6,11,13,16H,7-9H2,1H3;8-9H,3-5H2,1-2H3;7H2,1-2H3,(H3,8,9,10,11). The normalized spacial score (nSPS) is 11.8. The van der Waals surface area contributed by atoms with Crippen LogP contribution in [0.15, 0.2) is 30.3 Å². The molecule has 216 valence electrons. The van der Waals surface area contributed by atoms with Crippen molar-refractivity contribution in [2.75, 3.05) is 63.2 Å². The van der Waals surface area contributed by atoms with E-state index < -0.39 is 18.2 Å². The first kappa shape index (κ1) is 35.9. The Hall–Kier alpha value is -2.12. The van der Waals surface area contributed by atoms with Gasteiger partial charge in [-0.2, -0.15) is 0 Å². The molecule has 14 heteroatoms. The van der Waals surface area contributed by atoms with Gasteiger partial charge in [-0.25, -0.2) is 14.4 Å². The molecule has 0 fully saturated rings. The van der Waals surface area contributed by atoms with Crippen molar-refractivity contribution in [1.82, 2.24) is 15.1 Å². The summed E-state index contributed by atoms with van der Waals surface area (Å²) in [5.41, 5.74) is 12.0. The predicted molar refractivity (Wildman–Crippen MR) is 155 cm³/mol. The van der Waals surface area contributed by atoms with Gasteiger partial charge in [-0.05, 0) is 26.3 Å². The number of nitrogen functional groups attached to an aromatic ring is 2. The summed E-state index contributed by atoms with van der Waals surface area (Å²) in [6, 6.07) is 10.0. The average molecular weight is 577 g/mol. The second kappa shape index (κ2) is 20.8. The molecule has 2 rings (SSSR count). The van der Waals surface area contributed by atoms with E-state index in [9.17, 15) is 9.18 Å². The Bertz CT molecular complexity index is 913. The van der Waals surface area contributed by atoms with E-state index >= 15 is 0 Å². The Morgan fingerprint density at radius 3 is 2.42 bits per heavy atom. The second-order valence-corrected chi connectivity index (χ2v) is 10.2. The van der Waals surface area contributed by atoms with Crippen LogP contribution < -0.4 is 21.9 Å². The number of halogens is 1. The molecule has 8 N–H and O–H groups in total. The van der Waals surface area contributed by atoms with Crippen molar-refractivity contribution in [3.8, 4) is 0 Å². The Balaban J connectivity index is 0.000000557. The Morgan fingerprint density at radius 1 is 1.24 bits per heavy atom. The number of nitrogens with one attached hydrogen (secondary N) is 2. The van der Waals surface area contributed by atoms with Crippen LogP contribution in [0.1, 0.15) is 25.2 Å². The molecule has 38 heavy (non-hydrogen) atoms. The van der Waals surface area contributed by atoms with Gasteiger partial charge in [-0.1, -0.05) is 42.1 Å². The van der Waals surface area contributed by atoms with Gasteiger partial charge in [0.05, 0.1) is 34.2 Å². The Kier molecular flexibility index (Phi) is 19.6. The van der Waals surface area contributed by atoms with E-state index in [-0.39, 0.29) is 33.9 Å². The number of alkyl halides is 1. The number of hydrogen-bond donors (Lipinski definition) is 6. The summed E-state index contributed by atoms with van der Waals surface area (Å²) in [5, 5.41) is 23.1. The molecule has 2 unspecified atom stereocenters. The molecule has 0 aliphatic heterocycles. The summed E-state index contributed by atoms with van der Waals surface area (Å²) < 4.78 is 22.3. The van der Waals surface area contributed by atoms with E-state index in [0.29, 0.717) is 28.9 Å². The molecule has 0 spiro atoms. The van der Waals surface area contributed by atoms with E-state index in [1.165, 1.54) is 12.7 Å². The van der Waals surface area contributed by atoms with Crippen molar-refractivity contribution in [1.29, 1.82) is 0 Å². The number of anilines is 3. The topological polar surface area (TPSA) is 178 Å². The summed E-state index contributed by atoms with van der Waals surface area (Å²) in [7, 11) is 3.37. The number of methoxy groups -OCH3 is 1. The highest BCUT2D eigenvalue weighted by Gasteiger charge is 2.26. The molecule has 1 aromatic carbocycles. The van der Waals surface area contributed by atoms with Crippen LogP contribution in [0, 0.1) is 12.3 Å². The van der Waals surface area contributed by atoms with Crippen molar-refractivity contribution >= 4 is 43.2 Å². The number of aliphatic hydroxyl groups is 2. The number of nitrogens with zero attached hydrogens (tertiary/aromatic N) is 2. The van der Waals surface area contributed by atoms with Gasteiger partial charge in [0.1, 0.15) is 24.3 Å². The quantitative estimate of drug-likeness (QED) is 0.152. The number of aryl methyl sites for hydroxylation is 1. The van der Waals surface area contributed by atoms with Crippen molar-refractivity contribution in [2.45, 2.75) is 33.4 Å². The third-order valence-corrected chi connectivity index (χ3v) is 6.48. The molecular formula is C24H42FN6O5PS. The highest BCUT2D eigenvalue weighted by atomic mass is 32.2. The van der Waals surface area contributed by atoms with Crippen molar-refractivity contribution in [3.05, 3.63) is 41.7 Å². The summed E-state index contributed by atoms with van der Waals surface area (Å²) in [6.07, 6.45) is -0.453. The third kappa shape index (κ3) is 15.3. The molecule has 11 nitrogen and oxygen atoms in total. The van der Waals surface area contributed by atoms with E-state index in [1.807, 2.05) is 30.3 Å². The van der Waals surface area contributed by atoms with Crippen molar-refractivity contribution < 1.29 is 28.7 Å². The lowest BCUT2D eigenvalue weighted by molar-refractivity contribution is -0.119. The van der Waals surface area contributed by atoms with Gasteiger partial charge in [-0.3, -0.25) is 9.88 Å². The minimum atomic E-state index is -0.681.